The summed E-state index contributed by atoms with van der Waals surface area (Å²) < 4.78 is 56.3. The van der Waals surface area contributed by atoms with Crippen molar-refractivity contribution >= 4 is 21.6 Å². The third-order valence-electron chi connectivity index (χ3n) is 5.48. The second-order valence-corrected chi connectivity index (χ2v) is 9.48. The van der Waals surface area contributed by atoms with Crippen LogP contribution in [-0.4, -0.2) is 71.2 Å². The Morgan fingerprint density at radius 1 is 1.03 bits per heavy atom. The SMILES string of the molecule is COCC(=O)N1CCN(c2oc(-c3ccc(OC)cc3)nc2S(=O)(=O)c2ccc(F)cc2)CC1. The molecule has 3 aromatic rings. The molecule has 4 rings (SSSR count). The van der Waals surface area contributed by atoms with Gasteiger partial charge in [-0.1, -0.05) is 0 Å². The number of rotatable bonds is 7. The zero-order valence-electron chi connectivity index (χ0n) is 18.7. The number of halogens is 1. The molecular weight excluding hydrogens is 465 g/mol. The number of hydrogen-bond donors (Lipinski definition) is 0. The molecule has 2 heterocycles. The molecule has 1 aromatic heterocycles. The van der Waals surface area contributed by atoms with Crippen molar-refractivity contribution in [3.63, 3.8) is 0 Å². The molecule has 1 aliphatic heterocycles. The van der Waals surface area contributed by atoms with Gasteiger partial charge in [0.1, 0.15) is 18.2 Å². The number of ether oxygens (including phenoxy) is 2. The van der Waals surface area contributed by atoms with E-state index in [2.05, 4.69) is 4.98 Å². The van der Waals surface area contributed by atoms with E-state index in [1.54, 1.807) is 41.2 Å². The fourth-order valence-electron chi connectivity index (χ4n) is 3.63. The summed E-state index contributed by atoms with van der Waals surface area (Å²) in [6.07, 6.45) is 0. The first kappa shape index (κ1) is 23.7. The van der Waals surface area contributed by atoms with Crippen LogP contribution in [0.1, 0.15) is 0 Å². The van der Waals surface area contributed by atoms with Crippen LogP contribution < -0.4 is 9.64 Å². The van der Waals surface area contributed by atoms with E-state index in [4.69, 9.17) is 13.9 Å². The van der Waals surface area contributed by atoms with Crippen molar-refractivity contribution in [3.8, 4) is 17.2 Å². The lowest BCUT2D eigenvalue weighted by atomic mass is 10.2. The van der Waals surface area contributed by atoms with E-state index >= 15 is 0 Å². The standard InChI is InChI=1S/C23H24FN3O6S/c1-31-15-20(28)26-11-13-27(14-12-26)23-22(34(29,30)19-9-5-17(24)6-10-19)25-21(33-23)16-3-7-18(32-2)8-4-16/h3-10H,11-15H2,1-2H3. The predicted octanol–water partition coefficient (Wildman–Crippen LogP) is 2.62. The number of nitrogens with zero attached hydrogens (tertiary/aromatic N) is 3. The molecule has 0 radical (unpaired) electrons. The normalized spacial score (nSPS) is 14.3. The number of amides is 1. The number of sulfone groups is 1. The Bertz CT molecular complexity index is 1250. The molecule has 0 atom stereocenters. The number of aromatic nitrogens is 1. The highest BCUT2D eigenvalue weighted by Crippen LogP contribution is 2.35. The van der Waals surface area contributed by atoms with Crippen LogP contribution in [0, 0.1) is 5.82 Å². The van der Waals surface area contributed by atoms with E-state index in [1.807, 2.05) is 0 Å². The summed E-state index contributed by atoms with van der Waals surface area (Å²) in [7, 11) is -1.11. The number of benzene rings is 2. The van der Waals surface area contributed by atoms with Crippen LogP contribution in [0.4, 0.5) is 10.3 Å². The minimum Gasteiger partial charge on any atom is -0.497 e. The monoisotopic (exact) mass is 489 g/mol. The van der Waals surface area contributed by atoms with Crippen LogP contribution in [0.15, 0.2) is 62.9 Å². The number of anilines is 1. The first-order valence-electron chi connectivity index (χ1n) is 10.5. The van der Waals surface area contributed by atoms with Crippen molar-refractivity contribution in [2.75, 3.05) is 51.9 Å². The van der Waals surface area contributed by atoms with Gasteiger partial charge in [-0.2, -0.15) is 4.98 Å². The molecule has 0 bridgehead atoms. The summed E-state index contributed by atoms with van der Waals surface area (Å²) in [5.74, 6) is 0.143. The van der Waals surface area contributed by atoms with Crippen molar-refractivity contribution in [1.29, 1.82) is 0 Å². The maximum atomic E-state index is 13.4. The maximum absolute atomic E-state index is 13.4. The Hall–Kier alpha value is -3.44. The third-order valence-corrected chi connectivity index (χ3v) is 7.15. The minimum absolute atomic E-state index is 0.0197. The van der Waals surface area contributed by atoms with Crippen molar-refractivity contribution < 1.29 is 31.5 Å². The van der Waals surface area contributed by atoms with E-state index in [1.165, 1.54) is 19.2 Å². The smallest absolute Gasteiger partial charge is 0.248 e. The third kappa shape index (κ3) is 4.75. The molecule has 0 aliphatic carbocycles. The topological polar surface area (TPSA) is 102 Å². The first-order chi connectivity index (χ1) is 16.3. The van der Waals surface area contributed by atoms with E-state index in [0.29, 0.717) is 37.5 Å². The lowest BCUT2D eigenvalue weighted by Gasteiger charge is -2.34. The molecular formula is C23H24FN3O6S. The number of piperazine rings is 1. The summed E-state index contributed by atoms with van der Waals surface area (Å²) >= 11 is 0. The van der Waals surface area contributed by atoms with Crippen LogP contribution in [-0.2, 0) is 19.4 Å². The van der Waals surface area contributed by atoms with Gasteiger partial charge in [0.2, 0.25) is 32.5 Å². The fraction of sp³-hybridized carbons (Fsp3) is 0.304. The Balaban J connectivity index is 1.71. The Kier molecular flexibility index (Phi) is 6.85. The van der Waals surface area contributed by atoms with E-state index in [0.717, 1.165) is 12.1 Å². The molecule has 1 aliphatic rings. The molecule has 1 fully saturated rings. The number of hydrogen-bond acceptors (Lipinski definition) is 8. The van der Waals surface area contributed by atoms with Gasteiger partial charge < -0.3 is 23.7 Å². The number of carbonyl (C=O) groups excluding carboxylic acids is 1. The summed E-state index contributed by atoms with van der Waals surface area (Å²) in [5.41, 5.74) is 0.566. The van der Waals surface area contributed by atoms with E-state index < -0.39 is 15.7 Å². The quantitative estimate of drug-likeness (QED) is 0.467. The van der Waals surface area contributed by atoms with Gasteiger partial charge in [-0.25, -0.2) is 12.8 Å². The van der Waals surface area contributed by atoms with Crippen LogP contribution in [0.2, 0.25) is 0 Å². The number of carbonyl (C=O) groups is 1. The van der Waals surface area contributed by atoms with Gasteiger partial charge in [0.05, 0.1) is 12.0 Å². The Morgan fingerprint density at radius 2 is 1.68 bits per heavy atom. The zero-order chi connectivity index (χ0) is 24.3. The molecule has 11 heteroatoms. The maximum Gasteiger partial charge on any atom is 0.248 e. The van der Waals surface area contributed by atoms with Crippen molar-refractivity contribution in [2.24, 2.45) is 0 Å². The van der Waals surface area contributed by atoms with E-state index in [9.17, 15) is 17.6 Å². The predicted molar refractivity (Wildman–Crippen MR) is 121 cm³/mol. The van der Waals surface area contributed by atoms with Crippen LogP contribution in [0.25, 0.3) is 11.5 Å². The van der Waals surface area contributed by atoms with Gasteiger partial charge in [0.25, 0.3) is 0 Å². The van der Waals surface area contributed by atoms with Gasteiger partial charge >= 0.3 is 0 Å². The van der Waals surface area contributed by atoms with Crippen molar-refractivity contribution in [2.45, 2.75) is 9.92 Å². The number of methoxy groups -OCH3 is 2. The van der Waals surface area contributed by atoms with Crippen LogP contribution >= 0.6 is 0 Å². The average molecular weight is 490 g/mol. The molecule has 2 aromatic carbocycles. The largest absolute Gasteiger partial charge is 0.497 e. The van der Waals surface area contributed by atoms with Gasteiger partial charge in [0, 0.05) is 38.9 Å². The highest BCUT2D eigenvalue weighted by molar-refractivity contribution is 7.91. The summed E-state index contributed by atoms with van der Waals surface area (Å²) in [6.45, 7) is 1.42. The Labute approximate surface area is 196 Å². The average Bonchev–Trinajstić information content (AvgIpc) is 3.31. The molecule has 0 unspecified atom stereocenters. The van der Waals surface area contributed by atoms with Crippen LogP contribution in [0.3, 0.4) is 0 Å². The van der Waals surface area contributed by atoms with Gasteiger partial charge in [-0.05, 0) is 48.5 Å². The minimum atomic E-state index is -4.11. The lowest BCUT2D eigenvalue weighted by Crippen LogP contribution is -2.49. The molecule has 9 nitrogen and oxygen atoms in total. The summed E-state index contributed by atoms with van der Waals surface area (Å²) in [6, 6.07) is 11.4. The molecule has 180 valence electrons. The fourth-order valence-corrected chi connectivity index (χ4v) is 4.95. The summed E-state index contributed by atoms with van der Waals surface area (Å²) in [4.78, 5) is 19.8. The highest BCUT2D eigenvalue weighted by Gasteiger charge is 2.33. The molecule has 1 saturated heterocycles. The summed E-state index contributed by atoms with van der Waals surface area (Å²) in [5, 5.41) is -0.262. The lowest BCUT2D eigenvalue weighted by molar-refractivity contribution is -0.135. The molecule has 34 heavy (non-hydrogen) atoms. The molecule has 1 amide bonds. The van der Waals surface area contributed by atoms with E-state index in [-0.39, 0.29) is 34.2 Å². The van der Waals surface area contributed by atoms with Gasteiger partial charge in [0.15, 0.2) is 0 Å². The van der Waals surface area contributed by atoms with Gasteiger partial charge in [-0.3, -0.25) is 4.79 Å². The zero-order valence-corrected chi connectivity index (χ0v) is 19.5. The molecule has 0 N–H and O–H groups in total. The van der Waals surface area contributed by atoms with Gasteiger partial charge in [-0.15, -0.1) is 0 Å². The molecule has 0 spiro atoms. The number of oxazole rings is 1. The van der Waals surface area contributed by atoms with Crippen LogP contribution in [0.5, 0.6) is 5.75 Å². The second-order valence-electron chi connectivity index (χ2n) is 7.62. The highest BCUT2D eigenvalue weighted by atomic mass is 32.2. The second kappa shape index (κ2) is 9.82. The van der Waals surface area contributed by atoms with Crippen molar-refractivity contribution in [1.82, 2.24) is 9.88 Å². The first-order valence-corrected chi connectivity index (χ1v) is 12.0. The van der Waals surface area contributed by atoms with Crippen molar-refractivity contribution in [3.05, 3.63) is 54.3 Å². The Morgan fingerprint density at radius 3 is 2.26 bits per heavy atom. The molecule has 0 saturated carbocycles.